The fourth-order valence-corrected chi connectivity index (χ4v) is 2.86. The molecule has 2 aromatic rings. The molecule has 0 radical (unpaired) electrons. The van der Waals surface area contributed by atoms with Gasteiger partial charge in [-0.25, -0.2) is 5.43 Å². The van der Waals surface area contributed by atoms with E-state index in [9.17, 15) is 9.90 Å². The molecule has 8 heteroatoms. The zero-order chi connectivity index (χ0) is 17.8. The summed E-state index contributed by atoms with van der Waals surface area (Å²) >= 11 is 1.99. The van der Waals surface area contributed by atoms with E-state index in [4.69, 9.17) is 14.2 Å². The average molecular weight is 454 g/mol. The van der Waals surface area contributed by atoms with Gasteiger partial charge in [0.25, 0.3) is 5.91 Å². The van der Waals surface area contributed by atoms with Crippen LogP contribution in [0.1, 0.15) is 15.9 Å². The summed E-state index contributed by atoms with van der Waals surface area (Å²) in [4.78, 5) is 12.2. The minimum Gasteiger partial charge on any atom is -0.504 e. The molecule has 2 aromatic carbocycles. The summed E-state index contributed by atoms with van der Waals surface area (Å²) in [6.07, 6.45) is 1.47. The van der Waals surface area contributed by atoms with Crippen LogP contribution in [0.2, 0.25) is 0 Å². The highest BCUT2D eigenvalue weighted by Crippen LogP contribution is 2.32. The van der Waals surface area contributed by atoms with E-state index in [1.54, 1.807) is 30.3 Å². The van der Waals surface area contributed by atoms with Gasteiger partial charge in [0.2, 0.25) is 0 Å². The quantitative estimate of drug-likeness (QED) is 0.421. The lowest BCUT2D eigenvalue weighted by atomic mass is 10.2. The molecule has 0 bridgehead atoms. The summed E-state index contributed by atoms with van der Waals surface area (Å²) < 4.78 is 16.6. The molecule has 1 amide bonds. The summed E-state index contributed by atoms with van der Waals surface area (Å²) in [7, 11) is 1.47. The van der Waals surface area contributed by atoms with Gasteiger partial charge in [-0.1, -0.05) is 0 Å². The van der Waals surface area contributed by atoms with Gasteiger partial charge in [0, 0.05) is 5.56 Å². The Bertz CT molecular complexity index is 838. The number of methoxy groups -OCH3 is 1. The zero-order valence-electron chi connectivity index (χ0n) is 13.3. The van der Waals surface area contributed by atoms with Gasteiger partial charge in [-0.3, -0.25) is 4.79 Å². The number of fused-ring (bicyclic) bond motifs is 1. The van der Waals surface area contributed by atoms with E-state index in [1.807, 2.05) is 22.6 Å². The van der Waals surface area contributed by atoms with E-state index in [2.05, 4.69) is 10.5 Å². The molecule has 0 saturated carbocycles. The predicted octanol–water partition coefficient (Wildman–Crippen LogP) is 2.54. The topological polar surface area (TPSA) is 89.4 Å². The molecular formula is C17H15IN2O5. The molecule has 0 fully saturated rings. The highest BCUT2D eigenvalue weighted by Gasteiger charge is 2.14. The van der Waals surface area contributed by atoms with Gasteiger partial charge in [0.1, 0.15) is 13.2 Å². The number of aromatic hydroxyl groups is 1. The number of ether oxygens (including phenoxy) is 3. The van der Waals surface area contributed by atoms with Gasteiger partial charge in [0.05, 0.1) is 16.9 Å². The Hall–Kier alpha value is -2.49. The third kappa shape index (κ3) is 3.95. The number of carbonyl (C=O) groups is 1. The van der Waals surface area contributed by atoms with Crippen LogP contribution in [-0.4, -0.2) is 37.6 Å². The SMILES string of the molecule is COc1cc(C=NNC(=O)c2ccc3c(c2)OCCO3)cc(I)c1O. The van der Waals surface area contributed by atoms with Gasteiger partial charge < -0.3 is 19.3 Å². The van der Waals surface area contributed by atoms with Crippen LogP contribution in [0, 0.1) is 3.57 Å². The van der Waals surface area contributed by atoms with Crippen molar-refractivity contribution in [1.82, 2.24) is 5.43 Å². The zero-order valence-corrected chi connectivity index (χ0v) is 15.4. The molecule has 0 unspecified atom stereocenters. The Labute approximate surface area is 157 Å². The van der Waals surface area contributed by atoms with Gasteiger partial charge in [-0.2, -0.15) is 5.10 Å². The number of rotatable bonds is 4. The van der Waals surface area contributed by atoms with Crippen molar-refractivity contribution in [2.45, 2.75) is 0 Å². The third-order valence-electron chi connectivity index (χ3n) is 3.45. The Morgan fingerprint density at radius 3 is 2.80 bits per heavy atom. The maximum atomic E-state index is 12.2. The lowest BCUT2D eigenvalue weighted by molar-refractivity contribution is 0.0954. The average Bonchev–Trinajstić information content (AvgIpc) is 2.63. The predicted molar refractivity (Wildman–Crippen MR) is 99.9 cm³/mol. The van der Waals surface area contributed by atoms with Gasteiger partial charge in [-0.05, 0) is 58.5 Å². The van der Waals surface area contributed by atoms with Crippen LogP contribution < -0.4 is 19.6 Å². The third-order valence-corrected chi connectivity index (χ3v) is 4.28. The highest BCUT2D eigenvalue weighted by atomic mass is 127. The Kier molecular flexibility index (Phi) is 5.27. The van der Waals surface area contributed by atoms with Gasteiger partial charge in [-0.15, -0.1) is 0 Å². The van der Waals surface area contributed by atoms with Crippen LogP contribution in [0.5, 0.6) is 23.0 Å². The van der Waals surface area contributed by atoms with Crippen molar-refractivity contribution in [2.24, 2.45) is 5.10 Å². The van der Waals surface area contributed by atoms with Crippen molar-refractivity contribution in [3.63, 3.8) is 0 Å². The van der Waals surface area contributed by atoms with Crippen LogP contribution in [-0.2, 0) is 0 Å². The number of phenols is 1. The summed E-state index contributed by atoms with van der Waals surface area (Å²) in [6.45, 7) is 0.954. The lowest BCUT2D eigenvalue weighted by Gasteiger charge is -2.18. The lowest BCUT2D eigenvalue weighted by Crippen LogP contribution is -2.19. The molecule has 1 aliphatic rings. The maximum absolute atomic E-state index is 12.2. The Morgan fingerprint density at radius 2 is 2.04 bits per heavy atom. The minimum absolute atomic E-state index is 0.0700. The number of hydrazone groups is 1. The van der Waals surface area contributed by atoms with Crippen LogP contribution in [0.3, 0.4) is 0 Å². The molecule has 0 aromatic heterocycles. The van der Waals surface area contributed by atoms with Crippen molar-refractivity contribution in [3.8, 4) is 23.0 Å². The Balaban J connectivity index is 1.70. The molecule has 0 atom stereocenters. The Morgan fingerprint density at radius 1 is 1.28 bits per heavy atom. The number of nitrogens with zero attached hydrogens (tertiary/aromatic N) is 1. The van der Waals surface area contributed by atoms with E-state index in [0.717, 1.165) is 0 Å². The van der Waals surface area contributed by atoms with E-state index >= 15 is 0 Å². The molecule has 0 saturated heterocycles. The number of hydrogen-bond donors (Lipinski definition) is 2. The van der Waals surface area contributed by atoms with Gasteiger partial charge in [0.15, 0.2) is 23.0 Å². The number of amides is 1. The highest BCUT2D eigenvalue weighted by molar-refractivity contribution is 14.1. The number of benzene rings is 2. The summed E-state index contributed by atoms with van der Waals surface area (Å²) in [5, 5.41) is 13.8. The molecular weight excluding hydrogens is 439 g/mol. The fraction of sp³-hybridized carbons (Fsp3) is 0.176. The first kappa shape index (κ1) is 17.3. The fourth-order valence-electron chi connectivity index (χ4n) is 2.24. The standard InChI is InChI=1S/C17H15IN2O5/c1-23-15-7-10(6-12(18)16(15)21)9-19-20-17(22)11-2-3-13-14(8-11)25-5-4-24-13/h2-3,6-9,21H,4-5H2,1H3,(H,20,22). The minimum atomic E-state index is -0.367. The van der Waals surface area contributed by atoms with Crippen LogP contribution in [0.25, 0.3) is 0 Å². The number of carbonyl (C=O) groups excluding carboxylic acids is 1. The van der Waals surface area contributed by atoms with E-state index < -0.39 is 0 Å². The van der Waals surface area contributed by atoms with E-state index in [0.29, 0.717) is 45.2 Å². The summed E-state index contributed by atoms with van der Waals surface area (Å²) in [5.41, 5.74) is 3.55. The van der Waals surface area contributed by atoms with Crippen molar-refractivity contribution in [1.29, 1.82) is 0 Å². The van der Waals surface area contributed by atoms with Crippen molar-refractivity contribution >= 4 is 34.7 Å². The van der Waals surface area contributed by atoms with Crippen LogP contribution in [0.4, 0.5) is 0 Å². The van der Waals surface area contributed by atoms with Crippen molar-refractivity contribution in [2.75, 3.05) is 20.3 Å². The van der Waals surface area contributed by atoms with Crippen molar-refractivity contribution < 1.29 is 24.1 Å². The van der Waals surface area contributed by atoms with E-state index in [1.165, 1.54) is 13.3 Å². The first-order chi connectivity index (χ1) is 12.1. The maximum Gasteiger partial charge on any atom is 0.271 e. The summed E-state index contributed by atoms with van der Waals surface area (Å²) in [6, 6.07) is 8.30. The number of halogens is 1. The molecule has 130 valence electrons. The number of nitrogens with one attached hydrogen (secondary N) is 1. The smallest absolute Gasteiger partial charge is 0.271 e. The van der Waals surface area contributed by atoms with Crippen LogP contribution >= 0.6 is 22.6 Å². The molecule has 0 spiro atoms. The molecule has 0 aliphatic carbocycles. The first-order valence-corrected chi connectivity index (χ1v) is 8.46. The molecule has 7 nitrogen and oxygen atoms in total. The molecule has 3 rings (SSSR count). The summed E-state index contributed by atoms with van der Waals surface area (Å²) in [5.74, 6) is 1.21. The first-order valence-electron chi connectivity index (χ1n) is 7.38. The number of phenolic OH excluding ortho intramolecular Hbond substituents is 1. The molecule has 1 heterocycles. The largest absolute Gasteiger partial charge is 0.504 e. The molecule has 1 aliphatic heterocycles. The number of hydrogen-bond acceptors (Lipinski definition) is 6. The second-order valence-electron chi connectivity index (χ2n) is 5.11. The normalized spacial score (nSPS) is 12.9. The second kappa shape index (κ2) is 7.60. The molecule has 25 heavy (non-hydrogen) atoms. The van der Waals surface area contributed by atoms with Crippen LogP contribution in [0.15, 0.2) is 35.4 Å². The second-order valence-corrected chi connectivity index (χ2v) is 6.27. The van der Waals surface area contributed by atoms with Gasteiger partial charge >= 0.3 is 0 Å². The van der Waals surface area contributed by atoms with Crippen molar-refractivity contribution in [3.05, 3.63) is 45.0 Å². The monoisotopic (exact) mass is 454 g/mol. The molecule has 2 N–H and O–H groups in total. The van der Waals surface area contributed by atoms with E-state index in [-0.39, 0.29) is 11.7 Å².